The molecule has 5 heteroatoms. The van der Waals surface area contributed by atoms with Crippen LogP contribution >= 0.6 is 0 Å². The Bertz CT molecular complexity index is 485. The second kappa shape index (κ2) is 4.14. The second-order valence-corrected chi connectivity index (χ2v) is 3.53. The fourth-order valence-electron chi connectivity index (χ4n) is 1.49. The topological polar surface area (TPSA) is 73.2 Å². The number of nitrogens with zero attached hydrogens (tertiary/aromatic N) is 1. The summed E-state index contributed by atoms with van der Waals surface area (Å²) in [6, 6.07) is 5.22. The van der Waals surface area contributed by atoms with Gasteiger partial charge in [-0.15, -0.1) is 0 Å². The van der Waals surface area contributed by atoms with Crippen molar-refractivity contribution in [2.45, 2.75) is 6.54 Å². The van der Waals surface area contributed by atoms with Crippen molar-refractivity contribution in [1.82, 2.24) is 9.88 Å². The maximum absolute atomic E-state index is 11.7. The van der Waals surface area contributed by atoms with Crippen LogP contribution in [0.25, 0.3) is 0 Å². The van der Waals surface area contributed by atoms with Gasteiger partial charge in [0, 0.05) is 13.2 Å². The minimum Gasteiger partial charge on any atom is -0.467 e. The summed E-state index contributed by atoms with van der Waals surface area (Å²) >= 11 is 0. The van der Waals surface area contributed by atoms with E-state index in [4.69, 9.17) is 10.2 Å². The molecule has 16 heavy (non-hydrogen) atoms. The first-order chi connectivity index (χ1) is 7.66. The molecule has 0 aromatic carbocycles. The Balaban J connectivity index is 2.01. The van der Waals surface area contributed by atoms with Gasteiger partial charge in [-0.2, -0.15) is 0 Å². The molecule has 1 amide bonds. The standard InChI is InChI=1S/C11H13N3O2/c1-14-7-8(12)5-10(14)11(15)13-6-9-3-2-4-16-9/h2-5,7H,6,12H2,1H3,(H,13,15). The van der Waals surface area contributed by atoms with Crippen molar-refractivity contribution >= 4 is 11.6 Å². The zero-order valence-corrected chi connectivity index (χ0v) is 8.93. The highest BCUT2D eigenvalue weighted by molar-refractivity contribution is 5.93. The van der Waals surface area contributed by atoms with E-state index in [9.17, 15) is 4.79 Å². The number of carbonyl (C=O) groups is 1. The molecule has 0 bridgehead atoms. The Labute approximate surface area is 92.8 Å². The van der Waals surface area contributed by atoms with E-state index >= 15 is 0 Å². The molecule has 0 aliphatic heterocycles. The van der Waals surface area contributed by atoms with Crippen molar-refractivity contribution < 1.29 is 9.21 Å². The maximum atomic E-state index is 11.7. The maximum Gasteiger partial charge on any atom is 0.268 e. The van der Waals surface area contributed by atoms with Gasteiger partial charge in [-0.25, -0.2) is 0 Å². The third kappa shape index (κ3) is 2.08. The zero-order chi connectivity index (χ0) is 11.5. The van der Waals surface area contributed by atoms with Crippen molar-refractivity contribution in [3.8, 4) is 0 Å². The highest BCUT2D eigenvalue weighted by Crippen LogP contribution is 2.08. The summed E-state index contributed by atoms with van der Waals surface area (Å²) in [5, 5.41) is 2.75. The number of aryl methyl sites for hydroxylation is 1. The van der Waals surface area contributed by atoms with Crippen LogP contribution in [0, 0.1) is 0 Å². The summed E-state index contributed by atoms with van der Waals surface area (Å²) in [6.45, 7) is 0.372. The molecule has 2 aromatic heterocycles. The van der Waals surface area contributed by atoms with E-state index in [1.165, 1.54) is 0 Å². The van der Waals surface area contributed by atoms with Crippen molar-refractivity contribution in [3.05, 3.63) is 42.1 Å². The van der Waals surface area contributed by atoms with Crippen LogP contribution in [0.15, 0.2) is 35.1 Å². The van der Waals surface area contributed by atoms with Gasteiger partial charge in [-0.3, -0.25) is 4.79 Å². The number of furan rings is 1. The van der Waals surface area contributed by atoms with E-state index < -0.39 is 0 Å². The van der Waals surface area contributed by atoms with Gasteiger partial charge in [0.1, 0.15) is 11.5 Å². The van der Waals surface area contributed by atoms with Crippen molar-refractivity contribution in [2.75, 3.05) is 5.73 Å². The van der Waals surface area contributed by atoms with E-state index in [1.54, 1.807) is 42.3 Å². The molecule has 0 radical (unpaired) electrons. The quantitative estimate of drug-likeness (QED) is 0.812. The lowest BCUT2D eigenvalue weighted by Crippen LogP contribution is -2.24. The van der Waals surface area contributed by atoms with Gasteiger partial charge in [0.2, 0.25) is 0 Å². The molecule has 0 saturated carbocycles. The fourth-order valence-corrected chi connectivity index (χ4v) is 1.49. The molecule has 0 saturated heterocycles. The molecule has 2 aromatic rings. The SMILES string of the molecule is Cn1cc(N)cc1C(=O)NCc1ccco1. The molecule has 0 spiro atoms. The van der Waals surface area contributed by atoms with Crippen LogP contribution in [-0.4, -0.2) is 10.5 Å². The number of hydrogen-bond donors (Lipinski definition) is 2. The summed E-state index contributed by atoms with van der Waals surface area (Å²) in [5.41, 5.74) is 6.69. The van der Waals surface area contributed by atoms with Gasteiger partial charge >= 0.3 is 0 Å². The Morgan fingerprint density at radius 1 is 1.62 bits per heavy atom. The molecule has 0 fully saturated rings. The van der Waals surface area contributed by atoms with Crippen LogP contribution in [0.1, 0.15) is 16.2 Å². The number of amides is 1. The molecule has 2 rings (SSSR count). The molecule has 0 atom stereocenters. The van der Waals surface area contributed by atoms with Crippen LogP contribution in [0.3, 0.4) is 0 Å². The lowest BCUT2D eigenvalue weighted by atomic mass is 10.3. The number of aromatic nitrogens is 1. The van der Waals surface area contributed by atoms with Crippen LogP contribution < -0.4 is 11.1 Å². The van der Waals surface area contributed by atoms with Crippen LogP contribution in [0.5, 0.6) is 0 Å². The van der Waals surface area contributed by atoms with Gasteiger partial charge in [0.25, 0.3) is 5.91 Å². The van der Waals surface area contributed by atoms with E-state index in [0.717, 1.165) is 5.76 Å². The molecule has 0 unspecified atom stereocenters. The molecule has 0 aliphatic carbocycles. The number of nitrogen functional groups attached to an aromatic ring is 1. The smallest absolute Gasteiger partial charge is 0.268 e. The second-order valence-electron chi connectivity index (χ2n) is 3.53. The predicted octanol–water partition coefficient (Wildman–Crippen LogP) is 1.13. The summed E-state index contributed by atoms with van der Waals surface area (Å²) in [7, 11) is 1.78. The van der Waals surface area contributed by atoms with Crippen LogP contribution in [0.4, 0.5) is 5.69 Å². The third-order valence-electron chi connectivity index (χ3n) is 2.26. The minimum atomic E-state index is -0.171. The number of nitrogens with two attached hydrogens (primary N) is 1. The van der Waals surface area contributed by atoms with E-state index in [-0.39, 0.29) is 5.91 Å². The monoisotopic (exact) mass is 219 g/mol. The lowest BCUT2D eigenvalue weighted by Gasteiger charge is -2.03. The first-order valence-electron chi connectivity index (χ1n) is 4.89. The molecule has 84 valence electrons. The van der Waals surface area contributed by atoms with Gasteiger partial charge in [-0.05, 0) is 18.2 Å². The summed E-state index contributed by atoms with van der Waals surface area (Å²) < 4.78 is 6.80. The van der Waals surface area contributed by atoms with Crippen molar-refractivity contribution in [3.63, 3.8) is 0 Å². The first-order valence-corrected chi connectivity index (χ1v) is 4.89. The Morgan fingerprint density at radius 3 is 3.00 bits per heavy atom. The molecule has 2 heterocycles. The van der Waals surface area contributed by atoms with Gasteiger partial charge in [-0.1, -0.05) is 0 Å². The molecule has 0 aliphatic rings. The number of nitrogens with one attached hydrogen (secondary N) is 1. The molecular formula is C11H13N3O2. The van der Waals surface area contributed by atoms with Gasteiger partial charge < -0.3 is 20.0 Å². The average Bonchev–Trinajstić information content (AvgIpc) is 2.84. The highest BCUT2D eigenvalue weighted by atomic mass is 16.3. The van der Waals surface area contributed by atoms with E-state index in [1.807, 2.05) is 0 Å². The molecular weight excluding hydrogens is 206 g/mol. The Kier molecular flexibility index (Phi) is 2.68. The number of anilines is 1. The van der Waals surface area contributed by atoms with Crippen molar-refractivity contribution in [2.24, 2.45) is 7.05 Å². The summed E-state index contributed by atoms with van der Waals surface area (Å²) in [6.07, 6.45) is 3.27. The van der Waals surface area contributed by atoms with Gasteiger partial charge in [0.15, 0.2) is 0 Å². The first kappa shape index (κ1) is 10.4. The van der Waals surface area contributed by atoms with Crippen LogP contribution in [-0.2, 0) is 13.6 Å². The zero-order valence-electron chi connectivity index (χ0n) is 8.93. The minimum absolute atomic E-state index is 0.171. The average molecular weight is 219 g/mol. The summed E-state index contributed by atoms with van der Waals surface area (Å²) in [5.74, 6) is 0.547. The van der Waals surface area contributed by atoms with E-state index in [0.29, 0.717) is 17.9 Å². The lowest BCUT2D eigenvalue weighted by molar-refractivity contribution is 0.0940. The largest absolute Gasteiger partial charge is 0.467 e. The number of carbonyl (C=O) groups excluding carboxylic acids is 1. The molecule has 3 N–H and O–H groups in total. The third-order valence-corrected chi connectivity index (χ3v) is 2.26. The normalized spacial score (nSPS) is 10.3. The number of hydrogen-bond acceptors (Lipinski definition) is 3. The number of rotatable bonds is 3. The summed E-state index contributed by atoms with van der Waals surface area (Å²) in [4.78, 5) is 11.7. The van der Waals surface area contributed by atoms with Crippen LogP contribution in [0.2, 0.25) is 0 Å². The Hall–Kier alpha value is -2.17. The highest BCUT2D eigenvalue weighted by Gasteiger charge is 2.10. The molecule has 5 nitrogen and oxygen atoms in total. The van der Waals surface area contributed by atoms with Crippen molar-refractivity contribution in [1.29, 1.82) is 0 Å². The van der Waals surface area contributed by atoms with Gasteiger partial charge in [0.05, 0.1) is 18.5 Å². The predicted molar refractivity (Wildman–Crippen MR) is 59.7 cm³/mol. The fraction of sp³-hybridized carbons (Fsp3) is 0.182. The Morgan fingerprint density at radius 2 is 2.44 bits per heavy atom. The van der Waals surface area contributed by atoms with E-state index in [2.05, 4.69) is 5.32 Å².